The van der Waals surface area contributed by atoms with Crippen molar-refractivity contribution in [3.8, 4) is 6.07 Å². The molecule has 96 valence electrons. The second-order valence-electron chi connectivity index (χ2n) is 3.76. The summed E-state index contributed by atoms with van der Waals surface area (Å²) in [5.74, 6) is -0.617. The van der Waals surface area contributed by atoms with Crippen LogP contribution in [0.4, 0.5) is 0 Å². The molecule has 5 heteroatoms. The van der Waals surface area contributed by atoms with Gasteiger partial charge in [-0.05, 0) is 28.4 Å². The Kier molecular flexibility index (Phi) is 4.03. The average molecular weight is 319 g/mol. The first-order chi connectivity index (χ1) is 9.19. The molecule has 0 saturated carbocycles. The van der Waals surface area contributed by atoms with Crippen molar-refractivity contribution in [2.45, 2.75) is 6.92 Å². The van der Waals surface area contributed by atoms with E-state index in [9.17, 15) is 10.1 Å². The highest BCUT2D eigenvalue weighted by molar-refractivity contribution is 9.15. The van der Waals surface area contributed by atoms with Crippen LogP contribution in [0.3, 0.4) is 0 Å². The van der Waals surface area contributed by atoms with E-state index in [0.29, 0.717) is 5.70 Å². The number of nitrogens with zero attached hydrogens (tertiary/aromatic N) is 1. The number of rotatable bonds is 2. The lowest BCUT2D eigenvalue weighted by Gasteiger charge is -2.19. The number of benzene rings is 1. The Hall–Kier alpha value is -2.06. The molecule has 0 aromatic heterocycles. The van der Waals surface area contributed by atoms with E-state index in [-0.39, 0.29) is 12.2 Å². The van der Waals surface area contributed by atoms with Gasteiger partial charge in [-0.3, -0.25) is 0 Å². The first kappa shape index (κ1) is 13.4. The number of nitriles is 1. The van der Waals surface area contributed by atoms with Gasteiger partial charge in [-0.15, -0.1) is 0 Å². The molecule has 0 atom stereocenters. The molecule has 0 bridgehead atoms. The van der Waals surface area contributed by atoms with E-state index < -0.39 is 5.97 Å². The molecular formula is C14H11BrN2O2. The van der Waals surface area contributed by atoms with Gasteiger partial charge in [0.2, 0.25) is 0 Å². The van der Waals surface area contributed by atoms with Crippen LogP contribution in [0, 0.1) is 11.3 Å². The smallest absolute Gasteiger partial charge is 0.351 e. The number of fused-ring (bicyclic) bond motifs is 1. The lowest BCUT2D eigenvalue weighted by molar-refractivity contribution is -0.137. The third-order valence-electron chi connectivity index (χ3n) is 2.64. The average Bonchev–Trinajstić information content (AvgIpc) is 2.43. The van der Waals surface area contributed by atoms with E-state index in [0.717, 1.165) is 15.6 Å². The lowest BCUT2D eigenvalue weighted by atomic mass is 9.99. The minimum absolute atomic E-state index is 0.0226. The van der Waals surface area contributed by atoms with Gasteiger partial charge in [-0.25, -0.2) is 4.79 Å². The summed E-state index contributed by atoms with van der Waals surface area (Å²) < 4.78 is 5.77. The quantitative estimate of drug-likeness (QED) is 0.517. The predicted octanol–water partition coefficient (Wildman–Crippen LogP) is 2.78. The van der Waals surface area contributed by atoms with Gasteiger partial charge in [0, 0.05) is 16.2 Å². The lowest BCUT2D eigenvalue weighted by Crippen LogP contribution is -2.18. The standard InChI is InChI=1S/C14H11BrN2O2/c1-2-19-14(18)11(7-16)13-10-6-4-3-5-9(10)12(15)8-17-13/h3-6,8,17H,2H2,1H3/b13-11+. The molecule has 2 rings (SSSR count). The SMILES string of the molecule is CCOC(=O)/C(C#N)=C1/NC=C(Br)c2ccccc21. The molecule has 0 fully saturated rings. The fraction of sp³-hybridized carbons (Fsp3) is 0.143. The number of carbonyl (C=O) groups is 1. The first-order valence-corrected chi connectivity index (χ1v) is 6.51. The second kappa shape index (κ2) is 5.72. The zero-order valence-corrected chi connectivity index (χ0v) is 11.8. The molecule has 4 nitrogen and oxygen atoms in total. The second-order valence-corrected chi connectivity index (χ2v) is 4.62. The summed E-state index contributed by atoms with van der Waals surface area (Å²) in [6, 6.07) is 9.42. The summed E-state index contributed by atoms with van der Waals surface area (Å²) in [7, 11) is 0. The van der Waals surface area contributed by atoms with Crippen LogP contribution < -0.4 is 5.32 Å². The number of carbonyl (C=O) groups excluding carboxylic acids is 1. The van der Waals surface area contributed by atoms with Crippen LogP contribution in [0.2, 0.25) is 0 Å². The van der Waals surface area contributed by atoms with Gasteiger partial charge in [0.25, 0.3) is 0 Å². The van der Waals surface area contributed by atoms with E-state index in [1.54, 1.807) is 13.1 Å². The highest BCUT2D eigenvalue weighted by Gasteiger charge is 2.22. The highest BCUT2D eigenvalue weighted by Crippen LogP contribution is 2.33. The van der Waals surface area contributed by atoms with Crippen molar-refractivity contribution in [2.24, 2.45) is 0 Å². The summed E-state index contributed by atoms with van der Waals surface area (Å²) >= 11 is 3.43. The zero-order valence-electron chi connectivity index (χ0n) is 10.2. The maximum absolute atomic E-state index is 11.8. The van der Waals surface area contributed by atoms with Crippen molar-refractivity contribution in [1.29, 1.82) is 5.26 Å². The monoisotopic (exact) mass is 318 g/mol. The number of hydrogen-bond acceptors (Lipinski definition) is 4. The van der Waals surface area contributed by atoms with E-state index in [2.05, 4.69) is 21.2 Å². The summed E-state index contributed by atoms with van der Waals surface area (Å²) in [5.41, 5.74) is 2.17. The molecule has 1 aromatic carbocycles. The molecule has 0 unspecified atom stereocenters. The summed E-state index contributed by atoms with van der Waals surface area (Å²) in [4.78, 5) is 11.8. The van der Waals surface area contributed by atoms with Crippen LogP contribution in [-0.4, -0.2) is 12.6 Å². The zero-order chi connectivity index (χ0) is 13.8. The number of nitrogens with one attached hydrogen (secondary N) is 1. The van der Waals surface area contributed by atoms with Gasteiger partial charge in [-0.1, -0.05) is 24.3 Å². The molecule has 0 saturated heterocycles. The van der Waals surface area contributed by atoms with E-state index in [1.807, 2.05) is 30.3 Å². The van der Waals surface area contributed by atoms with Crippen molar-refractivity contribution < 1.29 is 9.53 Å². The molecule has 0 spiro atoms. The van der Waals surface area contributed by atoms with Gasteiger partial charge >= 0.3 is 5.97 Å². The van der Waals surface area contributed by atoms with Crippen molar-refractivity contribution in [1.82, 2.24) is 5.32 Å². The molecule has 1 aliphatic rings. The van der Waals surface area contributed by atoms with Crippen molar-refractivity contribution >= 4 is 32.1 Å². The maximum atomic E-state index is 11.8. The summed E-state index contributed by atoms with van der Waals surface area (Å²) in [5, 5.41) is 12.1. The Morgan fingerprint density at radius 3 is 2.74 bits per heavy atom. The van der Waals surface area contributed by atoms with Gasteiger partial charge < -0.3 is 10.1 Å². The Balaban J connectivity index is 2.58. The van der Waals surface area contributed by atoms with Crippen molar-refractivity contribution in [3.63, 3.8) is 0 Å². The third kappa shape index (κ3) is 2.54. The Bertz CT molecular complexity index is 627. The summed E-state index contributed by atoms with van der Waals surface area (Å²) in [6.45, 7) is 1.94. The fourth-order valence-electron chi connectivity index (χ4n) is 1.81. The van der Waals surface area contributed by atoms with Crippen molar-refractivity contribution in [3.05, 3.63) is 47.2 Å². The van der Waals surface area contributed by atoms with Gasteiger partial charge in [0.1, 0.15) is 6.07 Å². The predicted molar refractivity (Wildman–Crippen MR) is 75.6 cm³/mol. The normalized spacial score (nSPS) is 15.5. The van der Waals surface area contributed by atoms with Crippen LogP contribution in [0.1, 0.15) is 18.1 Å². The molecule has 19 heavy (non-hydrogen) atoms. The van der Waals surface area contributed by atoms with E-state index in [1.165, 1.54) is 0 Å². The largest absolute Gasteiger partial charge is 0.462 e. The number of esters is 1. The topological polar surface area (TPSA) is 62.1 Å². The third-order valence-corrected chi connectivity index (χ3v) is 3.29. The number of halogens is 1. The minimum Gasteiger partial charge on any atom is -0.462 e. The Labute approximate surface area is 119 Å². The van der Waals surface area contributed by atoms with E-state index in [4.69, 9.17) is 4.74 Å². The molecule has 0 amide bonds. The Morgan fingerprint density at radius 1 is 1.42 bits per heavy atom. The van der Waals surface area contributed by atoms with Gasteiger partial charge in [0.15, 0.2) is 5.57 Å². The first-order valence-electron chi connectivity index (χ1n) is 5.72. The van der Waals surface area contributed by atoms with E-state index >= 15 is 0 Å². The number of hydrogen-bond donors (Lipinski definition) is 1. The molecular weight excluding hydrogens is 308 g/mol. The van der Waals surface area contributed by atoms with Crippen LogP contribution in [0.25, 0.3) is 10.2 Å². The number of ether oxygens (including phenoxy) is 1. The Morgan fingerprint density at radius 2 is 2.11 bits per heavy atom. The van der Waals surface area contributed by atoms with Crippen LogP contribution in [0.5, 0.6) is 0 Å². The summed E-state index contributed by atoms with van der Waals surface area (Å²) in [6.07, 6.45) is 1.70. The van der Waals surface area contributed by atoms with Gasteiger partial charge in [0.05, 0.1) is 12.3 Å². The molecule has 1 aromatic rings. The van der Waals surface area contributed by atoms with Crippen LogP contribution in [0.15, 0.2) is 36.0 Å². The van der Waals surface area contributed by atoms with Crippen LogP contribution >= 0.6 is 15.9 Å². The van der Waals surface area contributed by atoms with Crippen LogP contribution in [-0.2, 0) is 9.53 Å². The molecule has 1 N–H and O–H groups in total. The highest BCUT2D eigenvalue weighted by atomic mass is 79.9. The maximum Gasteiger partial charge on any atom is 0.351 e. The fourth-order valence-corrected chi connectivity index (χ4v) is 2.27. The molecule has 1 aliphatic heterocycles. The molecule has 0 aliphatic carbocycles. The minimum atomic E-state index is -0.617. The van der Waals surface area contributed by atoms with Gasteiger partial charge in [-0.2, -0.15) is 5.26 Å². The van der Waals surface area contributed by atoms with Crippen molar-refractivity contribution in [2.75, 3.05) is 6.61 Å². The molecule has 1 heterocycles. The molecule has 0 radical (unpaired) electrons.